The second-order valence-electron chi connectivity index (χ2n) is 7.00. The van der Waals surface area contributed by atoms with Crippen molar-refractivity contribution >= 4 is 5.91 Å². The van der Waals surface area contributed by atoms with Gasteiger partial charge in [0, 0.05) is 25.1 Å². The van der Waals surface area contributed by atoms with Crippen LogP contribution >= 0.6 is 0 Å². The van der Waals surface area contributed by atoms with Gasteiger partial charge in [-0.05, 0) is 30.5 Å². The number of aliphatic hydroxyl groups is 1. The number of alkyl halides is 6. The van der Waals surface area contributed by atoms with Gasteiger partial charge in [-0.2, -0.15) is 26.3 Å². The van der Waals surface area contributed by atoms with Crippen molar-refractivity contribution in [2.45, 2.75) is 18.8 Å². The van der Waals surface area contributed by atoms with Gasteiger partial charge in [0.25, 0.3) is 5.91 Å². The van der Waals surface area contributed by atoms with Crippen molar-refractivity contribution in [2.24, 2.45) is 11.3 Å². The summed E-state index contributed by atoms with van der Waals surface area (Å²) in [5.41, 5.74) is -4.67. The zero-order chi connectivity index (χ0) is 20.0. The van der Waals surface area contributed by atoms with Crippen LogP contribution in [0, 0.1) is 11.3 Å². The van der Waals surface area contributed by atoms with E-state index in [1.807, 2.05) is 0 Å². The van der Waals surface area contributed by atoms with Gasteiger partial charge in [0.2, 0.25) is 0 Å². The zero-order valence-electron chi connectivity index (χ0n) is 14.0. The van der Waals surface area contributed by atoms with E-state index < -0.39 is 40.4 Å². The number of nitrogens with zero attached hydrogens (tertiary/aromatic N) is 1. The third kappa shape index (κ3) is 3.64. The fraction of sp³-hybridized carbons (Fsp3) is 0.588. The predicted molar refractivity (Wildman–Crippen MR) is 80.8 cm³/mol. The molecule has 150 valence electrons. The Bertz CT molecular complexity index is 732. The van der Waals surface area contributed by atoms with Gasteiger partial charge in [-0.1, -0.05) is 0 Å². The molecule has 2 heterocycles. The third-order valence-electron chi connectivity index (χ3n) is 5.30. The van der Waals surface area contributed by atoms with Gasteiger partial charge in [0.05, 0.1) is 29.9 Å². The van der Waals surface area contributed by atoms with Crippen LogP contribution in [-0.2, 0) is 17.1 Å². The highest BCUT2D eigenvalue weighted by Gasteiger charge is 2.50. The van der Waals surface area contributed by atoms with E-state index in [0.29, 0.717) is 25.2 Å². The van der Waals surface area contributed by atoms with Gasteiger partial charge in [0.1, 0.15) is 0 Å². The van der Waals surface area contributed by atoms with Crippen LogP contribution in [0.25, 0.3) is 0 Å². The largest absolute Gasteiger partial charge is 0.417 e. The van der Waals surface area contributed by atoms with E-state index in [-0.39, 0.29) is 38.3 Å². The number of amides is 1. The van der Waals surface area contributed by atoms with Gasteiger partial charge < -0.3 is 14.7 Å². The fourth-order valence-electron chi connectivity index (χ4n) is 3.79. The topological polar surface area (TPSA) is 49.8 Å². The first-order valence-corrected chi connectivity index (χ1v) is 8.24. The maximum Gasteiger partial charge on any atom is 0.417 e. The van der Waals surface area contributed by atoms with Gasteiger partial charge in [-0.3, -0.25) is 4.79 Å². The van der Waals surface area contributed by atoms with E-state index in [4.69, 9.17) is 4.74 Å². The van der Waals surface area contributed by atoms with Crippen molar-refractivity contribution < 1.29 is 41.0 Å². The standard InChI is InChI=1S/C17H17F6NO3/c18-16(19,20)10-1-2-12(13(5-10)17(21,22)23)14(26)24-6-11-3-4-27-9-15(11,7-24)8-25/h1-2,5,11,25H,3-4,6-9H2/t11-,15+/m0/s1. The van der Waals surface area contributed by atoms with Crippen LogP contribution in [0.2, 0.25) is 0 Å². The fourth-order valence-corrected chi connectivity index (χ4v) is 3.79. The summed E-state index contributed by atoms with van der Waals surface area (Å²) in [5, 5.41) is 9.71. The molecular formula is C17H17F6NO3. The van der Waals surface area contributed by atoms with Gasteiger partial charge >= 0.3 is 12.4 Å². The molecule has 2 saturated heterocycles. The van der Waals surface area contributed by atoms with Crippen molar-refractivity contribution in [3.05, 3.63) is 34.9 Å². The molecule has 0 saturated carbocycles. The summed E-state index contributed by atoms with van der Waals surface area (Å²) in [5.74, 6) is -1.14. The number of hydrogen-bond donors (Lipinski definition) is 1. The Balaban J connectivity index is 1.95. The Kier molecular flexibility index (Phi) is 4.92. The monoisotopic (exact) mass is 397 g/mol. The van der Waals surface area contributed by atoms with Crippen LogP contribution in [0.3, 0.4) is 0 Å². The summed E-state index contributed by atoms with van der Waals surface area (Å²) in [6.07, 6.45) is -9.53. The Morgan fingerprint density at radius 2 is 1.93 bits per heavy atom. The predicted octanol–water partition coefficient (Wildman–Crippen LogP) is 3.20. The Labute approximate surface area is 150 Å². The summed E-state index contributed by atoms with van der Waals surface area (Å²) >= 11 is 0. The highest BCUT2D eigenvalue weighted by atomic mass is 19.4. The molecule has 1 amide bonds. The van der Waals surface area contributed by atoms with Crippen molar-refractivity contribution in [1.82, 2.24) is 4.90 Å². The number of carbonyl (C=O) groups is 1. The Morgan fingerprint density at radius 3 is 2.48 bits per heavy atom. The molecule has 0 radical (unpaired) electrons. The van der Waals surface area contributed by atoms with Crippen molar-refractivity contribution in [2.75, 3.05) is 32.9 Å². The lowest BCUT2D eigenvalue weighted by Gasteiger charge is -2.36. The summed E-state index contributed by atoms with van der Waals surface area (Å²) < 4.78 is 83.6. The highest BCUT2D eigenvalue weighted by Crippen LogP contribution is 2.43. The van der Waals surface area contributed by atoms with Gasteiger partial charge in [-0.25, -0.2) is 0 Å². The van der Waals surface area contributed by atoms with Crippen LogP contribution in [0.15, 0.2) is 18.2 Å². The van der Waals surface area contributed by atoms with E-state index in [2.05, 4.69) is 0 Å². The molecule has 4 nitrogen and oxygen atoms in total. The second kappa shape index (κ2) is 6.66. The lowest BCUT2D eigenvalue weighted by Crippen LogP contribution is -2.43. The SMILES string of the molecule is O=C(c1ccc(C(F)(F)F)cc1C(F)(F)F)N1C[C@@H]2CCOC[C@]2(CO)C1. The van der Waals surface area contributed by atoms with Crippen molar-refractivity contribution in [3.63, 3.8) is 0 Å². The van der Waals surface area contributed by atoms with E-state index in [1.54, 1.807) is 0 Å². The molecule has 2 fully saturated rings. The molecule has 1 aromatic carbocycles. The third-order valence-corrected chi connectivity index (χ3v) is 5.30. The first-order chi connectivity index (χ1) is 12.5. The number of ether oxygens (including phenoxy) is 1. The van der Waals surface area contributed by atoms with Crippen LogP contribution in [0.4, 0.5) is 26.3 Å². The first-order valence-electron chi connectivity index (χ1n) is 8.24. The highest BCUT2D eigenvalue weighted by molar-refractivity contribution is 5.96. The number of fused-ring (bicyclic) bond motifs is 1. The second-order valence-corrected chi connectivity index (χ2v) is 7.00. The quantitative estimate of drug-likeness (QED) is 0.780. The van der Waals surface area contributed by atoms with Gasteiger partial charge in [-0.15, -0.1) is 0 Å². The van der Waals surface area contributed by atoms with Crippen LogP contribution in [0.5, 0.6) is 0 Å². The molecule has 2 atom stereocenters. The first kappa shape index (κ1) is 19.9. The van der Waals surface area contributed by atoms with Crippen LogP contribution < -0.4 is 0 Å². The number of halogens is 6. The molecule has 27 heavy (non-hydrogen) atoms. The molecule has 1 aromatic rings. The molecule has 0 aliphatic carbocycles. The van der Waals surface area contributed by atoms with Crippen LogP contribution in [0.1, 0.15) is 27.9 Å². The minimum absolute atomic E-state index is 0.00861. The Hall–Kier alpha value is -1.81. The number of carbonyl (C=O) groups excluding carboxylic acids is 1. The average molecular weight is 397 g/mol. The maximum absolute atomic E-state index is 13.3. The number of benzene rings is 1. The van der Waals surface area contributed by atoms with E-state index in [9.17, 15) is 36.2 Å². The molecule has 10 heteroatoms. The van der Waals surface area contributed by atoms with Crippen molar-refractivity contribution in [1.29, 1.82) is 0 Å². The van der Waals surface area contributed by atoms with E-state index in [1.165, 1.54) is 0 Å². The molecule has 2 aliphatic heterocycles. The molecule has 0 unspecified atom stereocenters. The van der Waals surface area contributed by atoms with E-state index >= 15 is 0 Å². The number of aliphatic hydroxyl groups excluding tert-OH is 1. The van der Waals surface area contributed by atoms with E-state index in [0.717, 1.165) is 4.90 Å². The average Bonchev–Trinajstić information content (AvgIpc) is 2.99. The van der Waals surface area contributed by atoms with Crippen molar-refractivity contribution in [3.8, 4) is 0 Å². The van der Waals surface area contributed by atoms with Gasteiger partial charge in [0.15, 0.2) is 0 Å². The number of hydrogen-bond acceptors (Lipinski definition) is 3. The molecule has 0 bridgehead atoms. The minimum atomic E-state index is -5.11. The smallest absolute Gasteiger partial charge is 0.396 e. The Morgan fingerprint density at radius 1 is 1.22 bits per heavy atom. The lowest BCUT2D eigenvalue weighted by atomic mass is 9.76. The molecule has 1 N–H and O–H groups in total. The molecule has 0 spiro atoms. The normalized spacial score (nSPS) is 26.2. The molecule has 2 aliphatic rings. The summed E-state index contributed by atoms with van der Waals surface area (Å²) in [7, 11) is 0. The lowest BCUT2D eigenvalue weighted by molar-refractivity contribution is -0.143. The summed E-state index contributed by atoms with van der Waals surface area (Å²) in [6, 6.07) is 0.996. The maximum atomic E-state index is 13.3. The summed E-state index contributed by atoms with van der Waals surface area (Å²) in [6.45, 7) is 0.423. The van der Waals surface area contributed by atoms with Crippen LogP contribution in [-0.4, -0.2) is 48.8 Å². The minimum Gasteiger partial charge on any atom is -0.396 e. The zero-order valence-corrected chi connectivity index (χ0v) is 14.0. The summed E-state index contributed by atoms with van der Waals surface area (Å²) in [4.78, 5) is 13.9. The molecule has 0 aromatic heterocycles. The molecule has 3 rings (SSSR count). The number of likely N-dealkylation sites (tertiary alicyclic amines) is 1. The molecular weight excluding hydrogens is 380 g/mol. The number of rotatable bonds is 2.